The number of nitrogens with zero attached hydrogens (tertiary/aromatic N) is 1. The molecule has 1 aromatic rings. The van der Waals surface area contributed by atoms with Gasteiger partial charge in [-0.25, -0.2) is 8.78 Å². The van der Waals surface area contributed by atoms with E-state index in [0.717, 1.165) is 39.1 Å². The normalized spacial score (nSPS) is 34.6. The summed E-state index contributed by atoms with van der Waals surface area (Å²) in [5, 5.41) is 7.44. The molecular formula is C22H30F2N2O2S. The third kappa shape index (κ3) is 4.67. The number of hydrogen-bond acceptors (Lipinski definition) is 4. The van der Waals surface area contributed by atoms with Crippen LogP contribution in [0.3, 0.4) is 0 Å². The summed E-state index contributed by atoms with van der Waals surface area (Å²) in [5.74, 6) is -1.58. The predicted molar refractivity (Wildman–Crippen MR) is 108 cm³/mol. The number of thiophene rings is 1. The lowest BCUT2D eigenvalue weighted by Gasteiger charge is -2.40. The minimum atomic E-state index is -2.66. The van der Waals surface area contributed by atoms with Crippen molar-refractivity contribution in [1.82, 2.24) is 10.2 Å². The smallest absolute Gasteiger partial charge is 0.249 e. The van der Waals surface area contributed by atoms with Gasteiger partial charge in [0.2, 0.25) is 11.8 Å². The summed E-state index contributed by atoms with van der Waals surface area (Å²) in [6.07, 6.45) is 3.74. The molecule has 29 heavy (non-hydrogen) atoms. The number of nitrogens with one attached hydrogen (secondary N) is 1. The van der Waals surface area contributed by atoms with Crippen molar-refractivity contribution in [3.05, 3.63) is 22.4 Å². The molecule has 0 aromatic carbocycles. The molecule has 1 aromatic heterocycles. The van der Waals surface area contributed by atoms with Gasteiger partial charge in [0.05, 0.1) is 12.1 Å². The summed E-state index contributed by atoms with van der Waals surface area (Å²) in [6.45, 7) is 3.88. The van der Waals surface area contributed by atoms with E-state index < -0.39 is 11.8 Å². The van der Waals surface area contributed by atoms with E-state index in [-0.39, 0.29) is 30.9 Å². The van der Waals surface area contributed by atoms with Crippen molar-refractivity contribution in [2.45, 2.75) is 63.1 Å². The second-order valence-corrected chi connectivity index (χ2v) is 10.5. The van der Waals surface area contributed by atoms with E-state index in [1.165, 1.54) is 18.4 Å². The van der Waals surface area contributed by atoms with Crippen LogP contribution in [0.25, 0.3) is 0 Å². The monoisotopic (exact) mass is 424 g/mol. The largest absolute Gasteiger partial charge is 0.376 e. The van der Waals surface area contributed by atoms with Crippen molar-refractivity contribution in [3.63, 3.8) is 0 Å². The molecule has 0 radical (unpaired) electrons. The van der Waals surface area contributed by atoms with Crippen LogP contribution in [0.1, 0.15) is 44.1 Å². The fourth-order valence-corrected chi connectivity index (χ4v) is 5.97. The van der Waals surface area contributed by atoms with Gasteiger partial charge in [0.15, 0.2) is 0 Å². The summed E-state index contributed by atoms with van der Waals surface area (Å²) in [6, 6.07) is 2.14. The van der Waals surface area contributed by atoms with Crippen molar-refractivity contribution >= 4 is 17.2 Å². The quantitative estimate of drug-likeness (QED) is 0.722. The average Bonchev–Trinajstić information content (AvgIpc) is 3.19. The summed E-state index contributed by atoms with van der Waals surface area (Å²) < 4.78 is 32.6. The minimum absolute atomic E-state index is 0.0162. The van der Waals surface area contributed by atoms with Crippen LogP contribution in [-0.2, 0) is 16.1 Å². The van der Waals surface area contributed by atoms with Crippen LogP contribution in [0.4, 0.5) is 8.78 Å². The molecular weight excluding hydrogens is 394 g/mol. The Kier molecular flexibility index (Phi) is 5.41. The fraction of sp³-hybridized carbons (Fsp3) is 0.773. The molecule has 1 saturated heterocycles. The average molecular weight is 425 g/mol. The molecule has 1 aliphatic heterocycles. The van der Waals surface area contributed by atoms with E-state index in [2.05, 4.69) is 27.0 Å². The fourth-order valence-electron chi connectivity index (χ4n) is 5.31. The van der Waals surface area contributed by atoms with Gasteiger partial charge in [-0.15, -0.1) is 0 Å². The molecule has 0 unspecified atom stereocenters. The number of likely N-dealkylation sites (tertiary alicyclic amines) is 1. The van der Waals surface area contributed by atoms with Crippen LogP contribution in [0.5, 0.6) is 0 Å². The first-order valence-corrected chi connectivity index (χ1v) is 11.9. The van der Waals surface area contributed by atoms with Gasteiger partial charge in [-0.05, 0) is 65.8 Å². The highest BCUT2D eigenvalue weighted by Gasteiger charge is 2.50. The highest BCUT2D eigenvalue weighted by atomic mass is 32.1. The first kappa shape index (κ1) is 19.9. The molecule has 4 aliphatic rings. The van der Waals surface area contributed by atoms with Crippen LogP contribution in [-0.4, -0.2) is 48.6 Å². The molecule has 4 atom stereocenters. The number of ether oxygens (including phenoxy) is 1. The van der Waals surface area contributed by atoms with Crippen molar-refractivity contribution in [3.8, 4) is 0 Å². The molecule has 0 spiro atoms. The number of carbonyl (C=O) groups is 1. The summed E-state index contributed by atoms with van der Waals surface area (Å²) in [7, 11) is 0. The molecule has 0 bridgehead atoms. The maximum Gasteiger partial charge on any atom is 0.249 e. The third-order valence-electron chi connectivity index (χ3n) is 7.21. The van der Waals surface area contributed by atoms with Gasteiger partial charge >= 0.3 is 0 Å². The second-order valence-electron chi connectivity index (χ2n) is 9.71. The van der Waals surface area contributed by atoms with Gasteiger partial charge in [-0.2, -0.15) is 11.3 Å². The van der Waals surface area contributed by atoms with Gasteiger partial charge < -0.3 is 10.1 Å². The van der Waals surface area contributed by atoms with E-state index >= 15 is 0 Å². The SMILES string of the molecule is O=C(N[C@H]1C[C@H]2CN(Cc3ccsc3)C[C@H]2C[C@@H]1OCC1CC1)C1CC(F)(F)C1. The summed E-state index contributed by atoms with van der Waals surface area (Å²) in [4.78, 5) is 15.1. The lowest BCUT2D eigenvalue weighted by molar-refractivity contribution is -0.152. The number of alkyl halides is 2. The van der Waals surface area contributed by atoms with Gasteiger partial charge in [0, 0.05) is 45.0 Å². The lowest BCUT2D eigenvalue weighted by Crippen LogP contribution is -2.54. The van der Waals surface area contributed by atoms with Crippen molar-refractivity contribution in [2.24, 2.45) is 23.7 Å². The molecule has 160 valence electrons. The van der Waals surface area contributed by atoms with Crippen LogP contribution in [0, 0.1) is 23.7 Å². The molecule has 4 nitrogen and oxygen atoms in total. The molecule has 5 rings (SSSR count). The number of hydrogen-bond donors (Lipinski definition) is 1. The Morgan fingerprint density at radius 3 is 2.66 bits per heavy atom. The first-order valence-electron chi connectivity index (χ1n) is 11.0. The van der Waals surface area contributed by atoms with Crippen LogP contribution in [0.2, 0.25) is 0 Å². The third-order valence-corrected chi connectivity index (χ3v) is 7.94. The molecule has 7 heteroatoms. The molecule has 1 amide bonds. The number of carbonyl (C=O) groups excluding carboxylic acids is 1. The van der Waals surface area contributed by atoms with Gasteiger partial charge in [0.25, 0.3) is 0 Å². The number of halogens is 2. The van der Waals surface area contributed by atoms with Crippen molar-refractivity contribution in [2.75, 3.05) is 19.7 Å². The molecule has 4 fully saturated rings. The van der Waals surface area contributed by atoms with Crippen molar-refractivity contribution in [1.29, 1.82) is 0 Å². The van der Waals surface area contributed by atoms with E-state index in [1.807, 2.05) is 0 Å². The Morgan fingerprint density at radius 1 is 1.24 bits per heavy atom. The molecule has 3 aliphatic carbocycles. The van der Waals surface area contributed by atoms with Crippen molar-refractivity contribution < 1.29 is 18.3 Å². The highest BCUT2D eigenvalue weighted by molar-refractivity contribution is 7.07. The van der Waals surface area contributed by atoms with Gasteiger partial charge in [0.1, 0.15) is 0 Å². The Hall–Kier alpha value is -1.05. The molecule has 1 N–H and O–H groups in total. The zero-order valence-electron chi connectivity index (χ0n) is 16.7. The zero-order chi connectivity index (χ0) is 20.0. The minimum Gasteiger partial charge on any atom is -0.376 e. The van der Waals surface area contributed by atoms with Crippen LogP contribution in [0.15, 0.2) is 16.8 Å². The number of amides is 1. The second kappa shape index (κ2) is 7.89. The Morgan fingerprint density at radius 2 is 2.00 bits per heavy atom. The Balaban J connectivity index is 1.20. The number of fused-ring (bicyclic) bond motifs is 1. The van der Waals surface area contributed by atoms with E-state index in [1.54, 1.807) is 11.3 Å². The van der Waals surface area contributed by atoms with Gasteiger partial charge in [-0.1, -0.05) is 0 Å². The standard InChI is InChI=1S/C22H30F2N2O2S/c23-22(24)7-18(8-22)21(27)25-19-5-16-10-26(9-15-3-4-29-13-15)11-17(16)6-20(19)28-12-14-1-2-14/h3-4,13-14,16-20H,1-2,5-12H2,(H,25,27)/t16-,17+,19-,20-/m0/s1. The molecule has 2 heterocycles. The summed E-state index contributed by atoms with van der Waals surface area (Å²) >= 11 is 1.73. The van der Waals surface area contributed by atoms with E-state index in [9.17, 15) is 13.6 Å². The van der Waals surface area contributed by atoms with E-state index in [4.69, 9.17) is 4.74 Å². The van der Waals surface area contributed by atoms with Crippen LogP contribution >= 0.6 is 11.3 Å². The topological polar surface area (TPSA) is 41.6 Å². The Labute approximate surface area is 175 Å². The lowest BCUT2D eigenvalue weighted by atomic mass is 9.76. The zero-order valence-corrected chi connectivity index (χ0v) is 17.5. The Bertz CT molecular complexity index is 716. The molecule has 3 saturated carbocycles. The van der Waals surface area contributed by atoms with Gasteiger partial charge in [-0.3, -0.25) is 9.69 Å². The maximum absolute atomic E-state index is 13.2. The maximum atomic E-state index is 13.2. The van der Waals surface area contributed by atoms with Crippen LogP contribution < -0.4 is 5.32 Å². The predicted octanol–water partition coefficient (Wildman–Crippen LogP) is 3.92. The highest BCUT2D eigenvalue weighted by Crippen LogP contribution is 2.43. The first-order chi connectivity index (χ1) is 13.9. The van der Waals surface area contributed by atoms with E-state index in [0.29, 0.717) is 17.8 Å². The number of rotatable bonds is 7. The summed E-state index contributed by atoms with van der Waals surface area (Å²) in [5.41, 5.74) is 1.37.